The number of benzene rings is 1. The number of rotatable bonds is 4. The predicted octanol–water partition coefficient (Wildman–Crippen LogP) is 3.56. The quantitative estimate of drug-likeness (QED) is 0.806. The number of carbonyl (C=O) groups excluding carboxylic acids is 1. The fraction of sp³-hybridized carbons (Fsp3) is 0.389. The Morgan fingerprint density at radius 3 is 2.43 bits per heavy atom. The van der Waals surface area contributed by atoms with Gasteiger partial charge in [-0.2, -0.15) is 0 Å². The fourth-order valence-electron chi connectivity index (χ4n) is 2.65. The summed E-state index contributed by atoms with van der Waals surface area (Å²) in [4.78, 5) is 14.1. The van der Waals surface area contributed by atoms with Gasteiger partial charge in [0.2, 0.25) is 5.91 Å². The molecule has 0 atom stereocenters. The highest BCUT2D eigenvalue weighted by molar-refractivity contribution is 7.99. The highest BCUT2D eigenvalue weighted by Gasteiger charge is 2.16. The van der Waals surface area contributed by atoms with E-state index >= 15 is 0 Å². The average Bonchev–Trinajstić information content (AvgIpc) is 2.61. The summed E-state index contributed by atoms with van der Waals surface area (Å²) in [5.41, 5.74) is 3.14. The third kappa shape index (κ3) is 4.32. The van der Waals surface area contributed by atoms with E-state index in [1.807, 2.05) is 29.2 Å². The number of nitrogens with zero attached hydrogens (tertiary/aromatic N) is 3. The van der Waals surface area contributed by atoms with Gasteiger partial charge in [-0.1, -0.05) is 41.6 Å². The summed E-state index contributed by atoms with van der Waals surface area (Å²) in [7, 11) is 0. The van der Waals surface area contributed by atoms with Crippen LogP contribution < -0.4 is 0 Å². The van der Waals surface area contributed by atoms with E-state index in [1.54, 1.807) is 0 Å². The molecular weight excluding hydrogens is 306 g/mol. The van der Waals surface area contributed by atoms with Gasteiger partial charge in [0.15, 0.2) is 0 Å². The molecular formula is C18H21N3OS. The lowest BCUT2D eigenvalue weighted by Crippen LogP contribution is -2.36. The smallest absolute Gasteiger partial charge is 0.232 e. The van der Waals surface area contributed by atoms with Gasteiger partial charge in [-0.15, -0.1) is 10.2 Å². The number of aryl methyl sites for hydroxylation is 1. The molecule has 0 N–H and O–H groups in total. The first-order chi connectivity index (χ1) is 11.2. The largest absolute Gasteiger partial charge is 0.342 e. The number of hydrogen-bond donors (Lipinski definition) is 0. The van der Waals surface area contributed by atoms with Crippen LogP contribution in [-0.2, 0) is 4.79 Å². The minimum atomic E-state index is 0.208. The van der Waals surface area contributed by atoms with E-state index in [0.29, 0.717) is 5.75 Å². The number of aromatic nitrogens is 2. The Morgan fingerprint density at radius 2 is 1.78 bits per heavy atom. The van der Waals surface area contributed by atoms with Gasteiger partial charge in [-0.05, 0) is 38.3 Å². The third-order valence-electron chi connectivity index (χ3n) is 4.04. The lowest BCUT2D eigenvalue weighted by atomic mass is 10.1. The van der Waals surface area contributed by atoms with E-state index in [9.17, 15) is 4.79 Å². The first-order valence-electron chi connectivity index (χ1n) is 8.04. The minimum absolute atomic E-state index is 0.208. The van der Waals surface area contributed by atoms with Gasteiger partial charge < -0.3 is 4.90 Å². The Bertz CT molecular complexity index is 649. The Labute approximate surface area is 141 Å². The van der Waals surface area contributed by atoms with Gasteiger partial charge in [0.05, 0.1) is 11.4 Å². The molecule has 2 heterocycles. The monoisotopic (exact) mass is 327 g/mol. The maximum absolute atomic E-state index is 12.1. The fourth-order valence-corrected chi connectivity index (χ4v) is 3.36. The van der Waals surface area contributed by atoms with Gasteiger partial charge in [0.1, 0.15) is 5.03 Å². The molecule has 0 spiro atoms. The molecule has 1 aliphatic heterocycles. The normalized spacial score (nSPS) is 14.7. The van der Waals surface area contributed by atoms with Crippen molar-refractivity contribution in [1.29, 1.82) is 0 Å². The molecule has 4 nitrogen and oxygen atoms in total. The topological polar surface area (TPSA) is 46.1 Å². The number of hydrogen-bond acceptors (Lipinski definition) is 4. The Hall–Kier alpha value is -1.88. The summed E-state index contributed by atoms with van der Waals surface area (Å²) in [5, 5.41) is 9.31. The standard InChI is InChI=1S/C18H21N3OS/c1-14-5-7-15(8-6-14)16-9-10-17(20-19-16)23-13-18(22)21-11-3-2-4-12-21/h5-10H,2-4,11-13H2,1H3. The van der Waals surface area contributed by atoms with E-state index < -0.39 is 0 Å². The molecule has 3 rings (SSSR count). The maximum atomic E-state index is 12.1. The second-order valence-corrected chi connectivity index (χ2v) is 6.85. The van der Waals surface area contributed by atoms with Crippen molar-refractivity contribution in [1.82, 2.24) is 15.1 Å². The predicted molar refractivity (Wildman–Crippen MR) is 93.4 cm³/mol. The van der Waals surface area contributed by atoms with Crippen LogP contribution in [0.15, 0.2) is 41.4 Å². The van der Waals surface area contributed by atoms with Gasteiger partial charge in [-0.3, -0.25) is 4.79 Å². The highest BCUT2D eigenvalue weighted by atomic mass is 32.2. The summed E-state index contributed by atoms with van der Waals surface area (Å²) in [6.45, 7) is 3.86. The van der Waals surface area contributed by atoms with Crippen LogP contribution in [0.3, 0.4) is 0 Å². The van der Waals surface area contributed by atoms with Crippen LogP contribution in [0.1, 0.15) is 24.8 Å². The Balaban J connectivity index is 1.57. The van der Waals surface area contributed by atoms with Crippen molar-refractivity contribution in [3.63, 3.8) is 0 Å². The van der Waals surface area contributed by atoms with Gasteiger partial charge in [-0.25, -0.2) is 0 Å². The summed E-state index contributed by atoms with van der Waals surface area (Å²) in [6.07, 6.45) is 3.49. The molecule has 23 heavy (non-hydrogen) atoms. The summed E-state index contributed by atoms with van der Waals surface area (Å²) >= 11 is 1.46. The molecule has 1 aromatic carbocycles. The average molecular weight is 327 g/mol. The van der Waals surface area contributed by atoms with Crippen molar-refractivity contribution in [2.75, 3.05) is 18.8 Å². The second-order valence-electron chi connectivity index (χ2n) is 5.85. The lowest BCUT2D eigenvalue weighted by Gasteiger charge is -2.26. The highest BCUT2D eigenvalue weighted by Crippen LogP contribution is 2.21. The second kappa shape index (κ2) is 7.59. The SMILES string of the molecule is Cc1ccc(-c2ccc(SCC(=O)N3CCCCC3)nn2)cc1. The van der Waals surface area contributed by atoms with Crippen molar-refractivity contribution in [2.45, 2.75) is 31.2 Å². The molecule has 0 bridgehead atoms. The summed E-state index contributed by atoms with van der Waals surface area (Å²) in [6, 6.07) is 12.1. The molecule has 120 valence electrons. The van der Waals surface area contributed by atoms with Crippen molar-refractivity contribution < 1.29 is 4.79 Å². The number of amides is 1. The van der Waals surface area contributed by atoms with E-state index in [2.05, 4.69) is 29.3 Å². The molecule has 2 aromatic rings. The summed E-state index contributed by atoms with van der Waals surface area (Å²) in [5.74, 6) is 0.651. The van der Waals surface area contributed by atoms with Crippen LogP contribution in [0.5, 0.6) is 0 Å². The van der Waals surface area contributed by atoms with Crippen LogP contribution >= 0.6 is 11.8 Å². The number of likely N-dealkylation sites (tertiary alicyclic amines) is 1. The van der Waals surface area contributed by atoms with E-state index in [1.165, 1.54) is 23.7 Å². The third-order valence-corrected chi connectivity index (χ3v) is 4.94. The number of carbonyl (C=O) groups is 1. The van der Waals surface area contributed by atoms with Crippen LogP contribution in [-0.4, -0.2) is 39.8 Å². The van der Waals surface area contributed by atoms with Crippen molar-refractivity contribution >= 4 is 17.7 Å². The molecule has 1 fully saturated rings. The molecule has 0 radical (unpaired) electrons. The van der Waals surface area contributed by atoms with Gasteiger partial charge in [0.25, 0.3) is 0 Å². The molecule has 5 heteroatoms. The van der Waals surface area contributed by atoms with Crippen LogP contribution in [0.2, 0.25) is 0 Å². The number of thioether (sulfide) groups is 1. The first kappa shape index (κ1) is 16.0. The maximum Gasteiger partial charge on any atom is 0.232 e. The lowest BCUT2D eigenvalue weighted by molar-refractivity contribution is -0.129. The molecule has 1 aliphatic rings. The Kier molecular flexibility index (Phi) is 5.28. The van der Waals surface area contributed by atoms with Crippen LogP contribution in [0.25, 0.3) is 11.3 Å². The van der Waals surface area contributed by atoms with Crippen molar-refractivity contribution in [3.05, 3.63) is 42.0 Å². The van der Waals surface area contributed by atoms with Crippen LogP contribution in [0.4, 0.5) is 0 Å². The number of piperidine rings is 1. The molecule has 1 amide bonds. The molecule has 0 aliphatic carbocycles. The Morgan fingerprint density at radius 1 is 1.04 bits per heavy atom. The molecule has 0 unspecified atom stereocenters. The zero-order valence-corrected chi connectivity index (χ0v) is 14.2. The zero-order valence-electron chi connectivity index (χ0n) is 13.4. The minimum Gasteiger partial charge on any atom is -0.342 e. The van der Waals surface area contributed by atoms with E-state index in [-0.39, 0.29) is 5.91 Å². The van der Waals surface area contributed by atoms with Gasteiger partial charge in [0, 0.05) is 18.7 Å². The summed E-state index contributed by atoms with van der Waals surface area (Å²) < 4.78 is 0. The van der Waals surface area contributed by atoms with E-state index in [0.717, 1.165) is 42.2 Å². The van der Waals surface area contributed by atoms with Crippen LogP contribution in [0, 0.1) is 6.92 Å². The van der Waals surface area contributed by atoms with Crippen molar-refractivity contribution in [2.24, 2.45) is 0 Å². The first-order valence-corrected chi connectivity index (χ1v) is 9.02. The van der Waals surface area contributed by atoms with Gasteiger partial charge >= 0.3 is 0 Å². The van der Waals surface area contributed by atoms with Crippen molar-refractivity contribution in [3.8, 4) is 11.3 Å². The zero-order chi connectivity index (χ0) is 16.1. The molecule has 0 saturated carbocycles. The van der Waals surface area contributed by atoms with E-state index in [4.69, 9.17) is 0 Å². The molecule has 1 aromatic heterocycles. The molecule has 1 saturated heterocycles.